The van der Waals surface area contributed by atoms with Crippen molar-refractivity contribution in [3.8, 4) is 5.69 Å². The van der Waals surface area contributed by atoms with E-state index < -0.39 is 0 Å². The number of rotatable bonds is 7. The summed E-state index contributed by atoms with van der Waals surface area (Å²) in [6.45, 7) is 8.17. The molecule has 3 aromatic rings. The fourth-order valence-corrected chi connectivity index (χ4v) is 3.78. The highest BCUT2D eigenvalue weighted by atomic mass is 32.2. The summed E-state index contributed by atoms with van der Waals surface area (Å²) in [7, 11) is 0. The van der Waals surface area contributed by atoms with Gasteiger partial charge in [0.2, 0.25) is 11.1 Å². The van der Waals surface area contributed by atoms with Gasteiger partial charge in [0, 0.05) is 0 Å². The topological polar surface area (TPSA) is 72.7 Å². The number of carbonyl (C=O) groups excluding carboxylic acids is 1. The Balaban J connectivity index is 1.63. The lowest BCUT2D eigenvalue weighted by Crippen LogP contribution is -2.28. The van der Waals surface area contributed by atoms with Crippen LogP contribution in [-0.4, -0.2) is 31.9 Å². The van der Waals surface area contributed by atoms with E-state index in [0.29, 0.717) is 5.16 Å². The summed E-state index contributed by atoms with van der Waals surface area (Å²) in [4.78, 5) is 12.4. The fourth-order valence-electron chi connectivity index (χ4n) is 3.09. The molecule has 0 unspecified atom stereocenters. The first kappa shape index (κ1) is 20.1. The third kappa shape index (κ3) is 4.59. The summed E-state index contributed by atoms with van der Waals surface area (Å²) >= 11 is 1.33. The van der Waals surface area contributed by atoms with Crippen LogP contribution in [-0.2, 0) is 11.2 Å². The van der Waals surface area contributed by atoms with Crippen molar-refractivity contribution in [1.29, 1.82) is 0 Å². The molecule has 0 saturated carbocycles. The second kappa shape index (κ2) is 9.01. The van der Waals surface area contributed by atoms with E-state index >= 15 is 0 Å². The molecule has 1 aromatic heterocycles. The molecule has 0 radical (unpaired) electrons. The van der Waals surface area contributed by atoms with Crippen LogP contribution in [0.5, 0.6) is 0 Å². The average molecular weight is 396 g/mol. The van der Waals surface area contributed by atoms with E-state index in [1.165, 1.54) is 17.3 Å². The zero-order valence-corrected chi connectivity index (χ0v) is 17.5. The molecule has 2 aromatic carbocycles. The Morgan fingerprint density at radius 2 is 1.82 bits per heavy atom. The number of carbonyl (C=O) groups is 1. The number of aromatic nitrogens is 4. The second-order valence-corrected chi connectivity index (χ2v) is 7.73. The number of nitrogens with zero attached hydrogens (tertiary/aromatic N) is 4. The largest absolute Gasteiger partial charge is 0.349 e. The molecule has 0 aliphatic carbocycles. The maximum atomic E-state index is 12.4. The van der Waals surface area contributed by atoms with Crippen molar-refractivity contribution in [3.63, 3.8) is 0 Å². The molecule has 1 N–H and O–H groups in total. The Morgan fingerprint density at radius 3 is 2.46 bits per heavy atom. The van der Waals surface area contributed by atoms with Crippen molar-refractivity contribution < 1.29 is 4.79 Å². The van der Waals surface area contributed by atoms with Gasteiger partial charge in [0.25, 0.3) is 0 Å². The summed E-state index contributed by atoms with van der Waals surface area (Å²) in [6, 6.07) is 14.3. The zero-order chi connectivity index (χ0) is 20.1. The molecule has 6 nitrogen and oxygen atoms in total. The number of thioether (sulfide) groups is 1. The minimum Gasteiger partial charge on any atom is -0.349 e. The molecule has 0 saturated heterocycles. The number of hydrogen-bond donors (Lipinski definition) is 1. The zero-order valence-electron chi connectivity index (χ0n) is 16.6. The molecule has 1 amide bonds. The molecule has 28 heavy (non-hydrogen) atoms. The summed E-state index contributed by atoms with van der Waals surface area (Å²) in [6.07, 6.45) is 1.01. The number of hydrogen-bond acceptors (Lipinski definition) is 5. The van der Waals surface area contributed by atoms with E-state index in [2.05, 4.69) is 52.0 Å². The van der Waals surface area contributed by atoms with E-state index in [4.69, 9.17) is 0 Å². The third-order valence-corrected chi connectivity index (χ3v) is 5.61. The third-order valence-electron chi connectivity index (χ3n) is 4.69. The molecule has 0 fully saturated rings. The molecule has 1 atom stereocenters. The smallest absolute Gasteiger partial charge is 0.230 e. The Hall–Kier alpha value is -2.67. The standard InChI is InChI=1S/C21H25N5OS/c1-5-17-9-11-18(12-10-17)16(4)22-19(27)13-28-21-23-24-25-26(21)20-14(2)7-6-8-15(20)3/h6-12,16H,5,13H2,1-4H3,(H,22,27)/t16-/m1/s1. The van der Waals surface area contributed by atoms with Gasteiger partial charge < -0.3 is 5.32 Å². The number of para-hydroxylation sites is 1. The number of benzene rings is 2. The Labute approximate surface area is 169 Å². The van der Waals surface area contributed by atoms with Crippen LogP contribution in [0.3, 0.4) is 0 Å². The normalized spacial score (nSPS) is 12.0. The lowest BCUT2D eigenvalue weighted by Gasteiger charge is -2.15. The van der Waals surface area contributed by atoms with Gasteiger partial charge in [-0.3, -0.25) is 4.79 Å². The summed E-state index contributed by atoms with van der Waals surface area (Å²) < 4.78 is 1.70. The molecular formula is C21H25N5OS. The van der Waals surface area contributed by atoms with Crippen molar-refractivity contribution in [2.45, 2.75) is 45.3 Å². The molecule has 0 bridgehead atoms. The second-order valence-electron chi connectivity index (χ2n) is 6.79. The number of nitrogens with one attached hydrogen (secondary N) is 1. The predicted octanol–water partition coefficient (Wildman–Crippen LogP) is 3.81. The van der Waals surface area contributed by atoms with Crippen LogP contribution in [0.4, 0.5) is 0 Å². The lowest BCUT2D eigenvalue weighted by atomic mass is 10.1. The highest BCUT2D eigenvalue weighted by Gasteiger charge is 2.16. The van der Waals surface area contributed by atoms with E-state index in [0.717, 1.165) is 28.8 Å². The quantitative estimate of drug-likeness (QED) is 0.616. The highest BCUT2D eigenvalue weighted by molar-refractivity contribution is 7.99. The molecule has 0 aliphatic heterocycles. The SMILES string of the molecule is CCc1ccc([C@@H](C)NC(=O)CSc2nnnn2-c2c(C)cccc2C)cc1. The predicted molar refractivity (Wildman–Crippen MR) is 112 cm³/mol. The van der Waals surface area contributed by atoms with Crippen LogP contribution in [0.25, 0.3) is 5.69 Å². The first-order chi connectivity index (χ1) is 13.5. The lowest BCUT2D eigenvalue weighted by molar-refractivity contribution is -0.119. The number of aryl methyl sites for hydroxylation is 3. The monoisotopic (exact) mass is 395 g/mol. The molecule has 0 spiro atoms. The molecule has 146 valence electrons. The minimum atomic E-state index is -0.0480. The van der Waals surface area contributed by atoms with Crippen molar-refractivity contribution in [2.75, 3.05) is 5.75 Å². The van der Waals surface area contributed by atoms with Crippen molar-refractivity contribution in [1.82, 2.24) is 25.5 Å². The summed E-state index contributed by atoms with van der Waals surface area (Å²) in [5.41, 5.74) is 5.51. The van der Waals surface area contributed by atoms with Gasteiger partial charge >= 0.3 is 0 Å². The van der Waals surface area contributed by atoms with Gasteiger partial charge in [-0.15, -0.1) is 5.10 Å². The van der Waals surface area contributed by atoms with Gasteiger partial charge in [-0.1, -0.05) is 61.2 Å². The maximum Gasteiger partial charge on any atom is 0.230 e. The van der Waals surface area contributed by atoms with Gasteiger partial charge in [0.15, 0.2) is 0 Å². The maximum absolute atomic E-state index is 12.4. The molecular weight excluding hydrogens is 370 g/mol. The number of tetrazole rings is 1. The number of amides is 1. The molecule has 3 rings (SSSR count). The van der Waals surface area contributed by atoms with Gasteiger partial charge in [-0.2, -0.15) is 4.68 Å². The molecule has 0 aliphatic rings. The first-order valence-corrected chi connectivity index (χ1v) is 10.3. The van der Waals surface area contributed by atoms with E-state index in [1.54, 1.807) is 4.68 Å². The summed E-state index contributed by atoms with van der Waals surface area (Å²) in [5.74, 6) is 0.205. The van der Waals surface area contributed by atoms with Gasteiger partial charge in [0.1, 0.15) is 0 Å². The van der Waals surface area contributed by atoms with Crippen LogP contribution in [0, 0.1) is 13.8 Å². The highest BCUT2D eigenvalue weighted by Crippen LogP contribution is 2.23. The average Bonchev–Trinajstić information content (AvgIpc) is 3.14. The summed E-state index contributed by atoms with van der Waals surface area (Å²) in [5, 5.41) is 15.6. The Morgan fingerprint density at radius 1 is 1.14 bits per heavy atom. The first-order valence-electron chi connectivity index (χ1n) is 9.35. The van der Waals surface area contributed by atoms with Gasteiger partial charge in [0.05, 0.1) is 17.5 Å². The van der Waals surface area contributed by atoms with E-state index in [9.17, 15) is 4.79 Å². The minimum absolute atomic E-state index is 0.0476. The molecule has 1 heterocycles. The Bertz CT molecular complexity index is 931. The van der Waals surface area contributed by atoms with E-state index in [1.807, 2.05) is 39.0 Å². The van der Waals surface area contributed by atoms with Crippen LogP contribution in [0.1, 0.15) is 42.1 Å². The van der Waals surface area contributed by atoms with Gasteiger partial charge in [-0.05, 0) is 59.9 Å². The van der Waals surface area contributed by atoms with Crippen molar-refractivity contribution in [3.05, 3.63) is 64.7 Å². The molecule has 7 heteroatoms. The Kier molecular flexibility index (Phi) is 6.46. The fraction of sp³-hybridized carbons (Fsp3) is 0.333. The van der Waals surface area contributed by atoms with Crippen LogP contribution in [0.2, 0.25) is 0 Å². The van der Waals surface area contributed by atoms with Crippen LogP contribution in [0.15, 0.2) is 47.6 Å². The van der Waals surface area contributed by atoms with E-state index in [-0.39, 0.29) is 17.7 Å². The van der Waals surface area contributed by atoms with Crippen molar-refractivity contribution >= 4 is 17.7 Å². The van der Waals surface area contributed by atoms with Crippen LogP contribution < -0.4 is 5.32 Å². The van der Waals surface area contributed by atoms with Crippen LogP contribution >= 0.6 is 11.8 Å². The van der Waals surface area contributed by atoms with Crippen molar-refractivity contribution in [2.24, 2.45) is 0 Å². The van der Waals surface area contributed by atoms with Gasteiger partial charge in [-0.25, -0.2) is 0 Å².